The Morgan fingerprint density at radius 3 is 2.44 bits per heavy atom. The Morgan fingerprint density at radius 2 is 1.67 bits per heavy atom. The molecule has 0 saturated heterocycles. The molecule has 1 aromatic heterocycles. The number of aryl methyl sites for hydroxylation is 1. The molecule has 0 saturated carbocycles. The van der Waals surface area contributed by atoms with Crippen LogP contribution in [0.1, 0.15) is 16.7 Å². The summed E-state index contributed by atoms with van der Waals surface area (Å²) in [5.74, 6) is 0.994. The van der Waals surface area contributed by atoms with Gasteiger partial charge in [-0.25, -0.2) is 4.79 Å². The quantitative estimate of drug-likeness (QED) is 0.114. The van der Waals surface area contributed by atoms with Gasteiger partial charge < -0.3 is 18.6 Å². The monoisotopic (exact) mass is 538 g/mol. The van der Waals surface area contributed by atoms with Gasteiger partial charge in [-0.1, -0.05) is 48.0 Å². The maximum Gasteiger partial charge on any atom is 0.336 e. The number of benzene rings is 4. The molecule has 0 N–H and O–H groups in total. The summed E-state index contributed by atoms with van der Waals surface area (Å²) < 4.78 is 22.5. The molecule has 0 aliphatic rings. The molecule has 7 heteroatoms. The Morgan fingerprint density at radius 1 is 0.897 bits per heavy atom. The van der Waals surface area contributed by atoms with Gasteiger partial charge in [0.2, 0.25) is 11.2 Å². The van der Waals surface area contributed by atoms with Gasteiger partial charge in [0.05, 0.1) is 5.39 Å². The first kappa shape index (κ1) is 25.8. The summed E-state index contributed by atoms with van der Waals surface area (Å²) in [5.41, 5.74) is 2.78. The van der Waals surface area contributed by atoms with Crippen molar-refractivity contribution in [3.05, 3.63) is 135 Å². The molecule has 5 rings (SSSR count). The van der Waals surface area contributed by atoms with Crippen molar-refractivity contribution in [3.8, 4) is 23.0 Å². The molecule has 0 bridgehead atoms. The second kappa shape index (κ2) is 11.7. The third kappa shape index (κ3) is 6.74. The van der Waals surface area contributed by atoms with Gasteiger partial charge >= 0.3 is 5.97 Å². The molecule has 0 radical (unpaired) electrons. The van der Waals surface area contributed by atoms with Crippen LogP contribution >= 0.6 is 11.6 Å². The first-order valence-corrected chi connectivity index (χ1v) is 12.5. The van der Waals surface area contributed by atoms with Gasteiger partial charge in [0.1, 0.15) is 35.7 Å². The number of fused-ring (bicyclic) bond motifs is 1. The second-order valence-electron chi connectivity index (χ2n) is 8.74. The highest BCUT2D eigenvalue weighted by Gasteiger charge is 2.11. The van der Waals surface area contributed by atoms with Crippen molar-refractivity contribution in [2.75, 3.05) is 0 Å². The lowest BCUT2D eigenvalue weighted by molar-refractivity contribution is -0.128. The molecule has 0 aliphatic carbocycles. The van der Waals surface area contributed by atoms with E-state index >= 15 is 0 Å². The predicted octanol–water partition coefficient (Wildman–Crippen LogP) is 7.74. The predicted molar refractivity (Wildman–Crippen MR) is 151 cm³/mol. The minimum atomic E-state index is -0.570. The van der Waals surface area contributed by atoms with Crippen LogP contribution in [0.15, 0.2) is 113 Å². The van der Waals surface area contributed by atoms with Crippen LogP contribution in [0.5, 0.6) is 23.0 Å². The minimum absolute atomic E-state index is 0.0715. The molecule has 0 spiro atoms. The van der Waals surface area contributed by atoms with Gasteiger partial charge in [0.15, 0.2) is 0 Å². The molecule has 0 amide bonds. The van der Waals surface area contributed by atoms with Crippen LogP contribution in [0.2, 0.25) is 5.02 Å². The first-order valence-electron chi connectivity index (χ1n) is 12.1. The number of rotatable bonds is 8. The zero-order valence-corrected chi connectivity index (χ0v) is 21.7. The molecule has 6 nitrogen and oxygen atoms in total. The SMILES string of the molecule is Cc1cccc(Oc2coc3cc(OC(=O)C=Cc4ccc(OCc5ccc(Cl)cc5)cc4)ccc3c2=O)c1. The second-order valence-corrected chi connectivity index (χ2v) is 9.18. The van der Waals surface area contributed by atoms with Gasteiger partial charge in [0, 0.05) is 17.2 Å². The van der Waals surface area contributed by atoms with Crippen molar-refractivity contribution in [1.82, 2.24) is 0 Å². The number of ether oxygens (including phenoxy) is 3. The van der Waals surface area contributed by atoms with E-state index < -0.39 is 5.97 Å². The Bertz CT molecular complexity index is 1700. The number of carbonyl (C=O) groups is 1. The van der Waals surface area contributed by atoms with Crippen molar-refractivity contribution in [3.63, 3.8) is 0 Å². The van der Waals surface area contributed by atoms with Crippen LogP contribution in [0, 0.1) is 6.92 Å². The van der Waals surface area contributed by atoms with E-state index in [9.17, 15) is 9.59 Å². The topological polar surface area (TPSA) is 75.0 Å². The molecule has 0 unspecified atom stereocenters. The molecule has 5 aromatic rings. The highest BCUT2D eigenvalue weighted by atomic mass is 35.5. The summed E-state index contributed by atoms with van der Waals surface area (Å²) in [5, 5.41) is 0.993. The molecule has 194 valence electrons. The number of hydrogen-bond donors (Lipinski definition) is 0. The third-order valence-electron chi connectivity index (χ3n) is 5.76. The molecular weight excluding hydrogens is 516 g/mol. The smallest absolute Gasteiger partial charge is 0.336 e. The van der Waals surface area contributed by atoms with Crippen molar-refractivity contribution in [2.45, 2.75) is 13.5 Å². The Kier molecular flexibility index (Phi) is 7.75. The van der Waals surface area contributed by atoms with Crippen molar-refractivity contribution in [2.24, 2.45) is 0 Å². The number of esters is 1. The van der Waals surface area contributed by atoms with E-state index in [2.05, 4.69) is 0 Å². The van der Waals surface area contributed by atoms with Gasteiger partial charge in [-0.3, -0.25) is 4.79 Å². The largest absolute Gasteiger partial charge is 0.489 e. The Balaban J connectivity index is 1.19. The van der Waals surface area contributed by atoms with Crippen LogP contribution in [-0.4, -0.2) is 5.97 Å². The van der Waals surface area contributed by atoms with E-state index in [1.165, 1.54) is 24.5 Å². The molecule has 4 aromatic carbocycles. The first-order chi connectivity index (χ1) is 18.9. The zero-order valence-electron chi connectivity index (χ0n) is 20.9. The fourth-order valence-corrected chi connectivity index (χ4v) is 3.89. The summed E-state index contributed by atoms with van der Waals surface area (Å²) >= 11 is 5.90. The highest BCUT2D eigenvalue weighted by molar-refractivity contribution is 6.30. The van der Waals surface area contributed by atoms with Gasteiger partial charge in [-0.15, -0.1) is 0 Å². The van der Waals surface area contributed by atoms with Gasteiger partial charge in [0.25, 0.3) is 0 Å². The third-order valence-corrected chi connectivity index (χ3v) is 6.01. The summed E-state index contributed by atoms with van der Waals surface area (Å²) in [6.45, 7) is 2.36. The number of carbonyl (C=O) groups excluding carboxylic acids is 1. The Labute approximate surface area is 229 Å². The molecule has 0 aliphatic heterocycles. The van der Waals surface area contributed by atoms with Gasteiger partial charge in [-0.2, -0.15) is 0 Å². The van der Waals surface area contributed by atoms with Crippen molar-refractivity contribution < 1.29 is 23.4 Å². The normalized spacial score (nSPS) is 11.0. The van der Waals surface area contributed by atoms with Crippen LogP contribution in [0.25, 0.3) is 17.0 Å². The average Bonchev–Trinajstić information content (AvgIpc) is 2.94. The maximum absolute atomic E-state index is 12.8. The van der Waals surface area contributed by atoms with Crippen LogP contribution < -0.4 is 19.6 Å². The van der Waals surface area contributed by atoms with Gasteiger partial charge in [-0.05, 0) is 78.2 Å². The fourth-order valence-electron chi connectivity index (χ4n) is 3.77. The lowest BCUT2D eigenvalue weighted by Gasteiger charge is -2.07. The molecular formula is C32H23ClO6. The highest BCUT2D eigenvalue weighted by Crippen LogP contribution is 2.25. The maximum atomic E-state index is 12.8. The molecule has 0 fully saturated rings. The van der Waals surface area contributed by atoms with Crippen LogP contribution in [-0.2, 0) is 11.4 Å². The fraction of sp³-hybridized carbons (Fsp3) is 0.0625. The van der Waals surface area contributed by atoms with E-state index in [4.69, 9.17) is 30.2 Å². The molecule has 39 heavy (non-hydrogen) atoms. The molecule has 1 heterocycles. The summed E-state index contributed by atoms with van der Waals surface area (Å²) in [4.78, 5) is 25.2. The van der Waals surface area contributed by atoms with E-state index in [0.717, 1.165) is 16.7 Å². The summed E-state index contributed by atoms with van der Waals surface area (Å²) in [6.07, 6.45) is 4.21. The standard InChI is InChI=1S/C32H23ClO6/c1-21-3-2-4-26(17-21)38-30-20-37-29-18-27(14-15-28(29)32(30)35)39-31(34)16-9-22-7-12-25(13-8-22)36-19-23-5-10-24(33)11-6-23/h2-18,20H,19H2,1H3. The number of halogens is 1. The minimum Gasteiger partial charge on any atom is -0.489 e. The lowest BCUT2D eigenvalue weighted by Crippen LogP contribution is -2.06. The van der Waals surface area contributed by atoms with E-state index in [0.29, 0.717) is 28.5 Å². The van der Waals surface area contributed by atoms with Crippen molar-refractivity contribution >= 4 is 34.6 Å². The van der Waals surface area contributed by atoms with E-state index in [1.807, 2.05) is 73.7 Å². The summed E-state index contributed by atoms with van der Waals surface area (Å²) in [7, 11) is 0. The van der Waals surface area contributed by atoms with Crippen molar-refractivity contribution in [1.29, 1.82) is 0 Å². The average molecular weight is 539 g/mol. The summed E-state index contributed by atoms with van der Waals surface area (Å²) in [6, 6.07) is 26.7. The Hall–Kier alpha value is -4.81. The zero-order chi connectivity index (χ0) is 27.2. The van der Waals surface area contributed by atoms with E-state index in [-0.39, 0.29) is 22.5 Å². The van der Waals surface area contributed by atoms with E-state index in [1.54, 1.807) is 18.2 Å². The van der Waals surface area contributed by atoms with Crippen LogP contribution in [0.4, 0.5) is 0 Å². The lowest BCUT2D eigenvalue weighted by atomic mass is 10.2. The number of hydrogen-bond acceptors (Lipinski definition) is 6. The molecule has 0 atom stereocenters. The van der Waals surface area contributed by atoms with Crippen LogP contribution in [0.3, 0.4) is 0 Å².